The predicted molar refractivity (Wildman–Crippen MR) is 104 cm³/mol. The zero-order valence-corrected chi connectivity index (χ0v) is 14.9. The molecule has 0 saturated heterocycles. The van der Waals surface area contributed by atoms with Gasteiger partial charge < -0.3 is 9.73 Å². The lowest BCUT2D eigenvalue weighted by Gasteiger charge is -2.05. The molecule has 0 saturated carbocycles. The fourth-order valence-electron chi connectivity index (χ4n) is 2.58. The van der Waals surface area contributed by atoms with Gasteiger partial charge in [0.15, 0.2) is 5.58 Å². The summed E-state index contributed by atoms with van der Waals surface area (Å²) in [7, 11) is 0. The SMILES string of the molecule is O=C(Nc1ccc2oc(-c3cccc(Cl)c3)nc2c1)c1cccc(Cl)c1. The molecule has 0 unspecified atom stereocenters. The molecule has 1 N–H and O–H groups in total. The van der Waals surface area contributed by atoms with E-state index in [0.717, 1.165) is 5.56 Å². The number of oxazole rings is 1. The highest BCUT2D eigenvalue weighted by Crippen LogP contribution is 2.28. The van der Waals surface area contributed by atoms with Crippen LogP contribution in [-0.2, 0) is 0 Å². The first kappa shape index (κ1) is 16.6. The number of anilines is 1. The maximum absolute atomic E-state index is 12.3. The Morgan fingerprint density at radius 1 is 0.923 bits per heavy atom. The van der Waals surface area contributed by atoms with Gasteiger partial charge in [0.05, 0.1) is 0 Å². The van der Waals surface area contributed by atoms with E-state index < -0.39 is 0 Å². The van der Waals surface area contributed by atoms with E-state index in [0.29, 0.717) is 38.3 Å². The fourth-order valence-corrected chi connectivity index (χ4v) is 2.96. The lowest BCUT2D eigenvalue weighted by Crippen LogP contribution is -2.11. The van der Waals surface area contributed by atoms with Crippen molar-refractivity contribution in [3.63, 3.8) is 0 Å². The summed E-state index contributed by atoms with van der Waals surface area (Å²) in [5.74, 6) is 0.228. The monoisotopic (exact) mass is 382 g/mol. The number of carbonyl (C=O) groups excluding carboxylic acids is 1. The van der Waals surface area contributed by atoms with Crippen molar-refractivity contribution in [2.24, 2.45) is 0 Å². The lowest BCUT2D eigenvalue weighted by atomic mass is 10.2. The average molecular weight is 383 g/mol. The van der Waals surface area contributed by atoms with Crippen LogP contribution in [-0.4, -0.2) is 10.9 Å². The molecule has 4 rings (SSSR count). The summed E-state index contributed by atoms with van der Waals surface area (Å²) < 4.78 is 5.77. The van der Waals surface area contributed by atoms with Crippen molar-refractivity contribution in [2.75, 3.05) is 5.32 Å². The molecule has 0 aliphatic carbocycles. The quantitative estimate of drug-likeness (QED) is 0.468. The zero-order valence-electron chi connectivity index (χ0n) is 13.4. The van der Waals surface area contributed by atoms with Crippen molar-refractivity contribution in [2.45, 2.75) is 0 Å². The van der Waals surface area contributed by atoms with Crippen molar-refractivity contribution in [1.82, 2.24) is 4.98 Å². The average Bonchev–Trinajstić information content (AvgIpc) is 3.05. The van der Waals surface area contributed by atoms with E-state index in [1.54, 1.807) is 54.6 Å². The summed E-state index contributed by atoms with van der Waals surface area (Å²) in [4.78, 5) is 16.8. The molecule has 0 fully saturated rings. The van der Waals surface area contributed by atoms with E-state index in [1.807, 2.05) is 12.1 Å². The number of halogens is 2. The second-order valence-corrected chi connectivity index (χ2v) is 6.55. The van der Waals surface area contributed by atoms with Crippen LogP contribution in [0.25, 0.3) is 22.6 Å². The highest BCUT2D eigenvalue weighted by molar-refractivity contribution is 6.31. The molecule has 0 radical (unpaired) electrons. The Hall–Kier alpha value is -2.82. The van der Waals surface area contributed by atoms with Gasteiger partial charge >= 0.3 is 0 Å². The van der Waals surface area contributed by atoms with Gasteiger partial charge in [-0.05, 0) is 54.6 Å². The van der Waals surface area contributed by atoms with Gasteiger partial charge in [-0.15, -0.1) is 0 Å². The van der Waals surface area contributed by atoms with Crippen LogP contribution in [0.4, 0.5) is 5.69 Å². The van der Waals surface area contributed by atoms with Crippen LogP contribution in [0.5, 0.6) is 0 Å². The van der Waals surface area contributed by atoms with Crippen molar-refractivity contribution >= 4 is 45.9 Å². The third-order valence-electron chi connectivity index (χ3n) is 3.80. The number of benzene rings is 3. The van der Waals surface area contributed by atoms with Crippen molar-refractivity contribution < 1.29 is 9.21 Å². The number of carbonyl (C=O) groups is 1. The molecular formula is C20H12Cl2N2O2. The summed E-state index contributed by atoms with van der Waals surface area (Å²) in [6, 6.07) is 19.3. The van der Waals surface area contributed by atoms with Gasteiger partial charge in [-0.1, -0.05) is 35.3 Å². The Kier molecular flexibility index (Phi) is 4.37. The minimum absolute atomic E-state index is 0.245. The van der Waals surface area contributed by atoms with E-state index >= 15 is 0 Å². The third-order valence-corrected chi connectivity index (χ3v) is 4.27. The van der Waals surface area contributed by atoms with Gasteiger partial charge in [0.2, 0.25) is 5.89 Å². The fraction of sp³-hybridized carbons (Fsp3) is 0. The Labute approximate surface area is 159 Å². The summed E-state index contributed by atoms with van der Waals surface area (Å²) >= 11 is 11.9. The second-order valence-electron chi connectivity index (χ2n) is 5.68. The molecule has 0 aliphatic rings. The van der Waals surface area contributed by atoms with Gasteiger partial charge in [0, 0.05) is 26.9 Å². The van der Waals surface area contributed by atoms with Crippen LogP contribution >= 0.6 is 23.2 Å². The number of hydrogen-bond donors (Lipinski definition) is 1. The molecule has 0 atom stereocenters. The van der Waals surface area contributed by atoms with Gasteiger partial charge in [0.25, 0.3) is 5.91 Å². The predicted octanol–water partition coefficient (Wildman–Crippen LogP) is 6.05. The number of fused-ring (bicyclic) bond motifs is 1. The number of amides is 1. The Morgan fingerprint density at radius 3 is 2.46 bits per heavy atom. The molecule has 0 aliphatic heterocycles. The molecule has 0 bridgehead atoms. The zero-order chi connectivity index (χ0) is 18.1. The summed E-state index contributed by atoms with van der Waals surface area (Å²) in [6.45, 7) is 0. The van der Waals surface area contributed by atoms with Crippen LogP contribution in [0.1, 0.15) is 10.4 Å². The van der Waals surface area contributed by atoms with Crippen LogP contribution in [0, 0.1) is 0 Å². The first-order valence-electron chi connectivity index (χ1n) is 7.82. The largest absolute Gasteiger partial charge is 0.436 e. The third kappa shape index (κ3) is 3.43. The van der Waals surface area contributed by atoms with Gasteiger partial charge in [0.1, 0.15) is 5.52 Å². The summed E-state index contributed by atoms with van der Waals surface area (Å²) in [5, 5.41) is 3.96. The summed E-state index contributed by atoms with van der Waals surface area (Å²) in [6.07, 6.45) is 0. The van der Waals surface area contributed by atoms with Crippen molar-refractivity contribution in [1.29, 1.82) is 0 Å². The number of rotatable bonds is 3. The number of nitrogens with one attached hydrogen (secondary N) is 1. The van der Waals surface area contributed by atoms with E-state index in [1.165, 1.54) is 0 Å². The molecular weight excluding hydrogens is 371 g/mol. The molecule has 1 heterocycles. The molecule has 6 heteroatoms. The Morgan fingerprint density at radius 2 is 1.69 bits per heavy atom. The maximum atomic E-state index is 12.3. The standard InChI is InChI=1S/C20H12Cl2N2O2/c21-14-5-1-3-12(9-14)19(25)23-16-7-8-18-17(11-16)24-20(26-18)13-4-2-6-15(22)10-13/h1-11H,(H,23,25). The minimum atomic E-state index is -0.245. The molecule has 4 nitrogen and oxygen atoms in total. The minimum Gasteiger partial charge on any atom is -0.436 e. The van der Waals surface area contributed by atoms with Gasteiger partial charge in [-0.2, -0.15) is 0 Å². The van der Waals surface area contributed by atoms with Crippen LogP contribution < -0.4 is 5.32 Å². The molecule has 1 amide bonds. The molecule has 128 valence electrons. The van der Waals surface area contributed by atoms with Crippen LogP contribution in [0.3, 0.4) is 0 Å². The number of aromatic nitrogens is 1. The molecule has 26 heavy (non-hydrogen) atoms. The molecule has 4 aromatic rings. The van der Waals surface area contributed by atoms with E-state index in [4.69, 9.17) is 27.6 Å². The second kappa shape index (κ2) is 6.83. The number of nitrogens with zero attached hydrogens (tertiary/aromatic N) is 1. The van der Waals surface area contributed by atoms with Gasteiger partial charge in [-0.3, -0.25) is 4.79 Å². The first-order chi connectivity index (χ1) is 12.6. The molecule has 3 aromatic carbocycles. The number of hydrogen-bond acceptors (Lipinski definition) is 3. The first-order valence-corrected chi connectivity index (χ1v) is 8.57. The Balaban J connectivity index is 1.62. The highest BCUT2D eigenvalue weighted by Gasteiger charge is 2.11. The smallest absolute Gasteiger partial charge is 0.255 e. The topological polar surface area (TPSA) is 55.1 Å². The van der Waals surface area contributed by atoms with Gasteiger partial charge in [-0.25, -0.2) is 4.98 Å². The van der Waals surface area contributed by atoms with Crippen molar-refractivity contribution in [3.05, 3.63) is 82.3 Å². The van der Waals surface area contributed by atoms with Crippen LogP contribution in [0.15, 0.2) is 71.1 Å². The maximum Gasteiger partial charge on any atom is 0.255 e. The lowest BCUT2D eigenvalue weighted by molar-refractivity contribution is 0.102. The normalized spacial score (nSPS) is 10.8. The highest BCUT2D eigenvalue weighted by atomic mass is 35.5. The Bertz CT molecular complexity index is 1120. The van der Waals surface area contributed by atoms with E-state index in [-0.39, 0.29) is 5.91 Å². The molecule has 1 aromatic heterocycles. The molecule has 0 spiro atoms. The van der Waals surface area contributed by atoms with Crippen molar-refractivity contribution in [3.8, 4) is 11.5 Å². The van der Waals surface area contributed by atoms with E-state index in [9.17, 15) is 4.79 Å². The van der Waals surface area contributed by atoms with Crippen LogP contribution in [0.2, 0.25) is 10.0 Å². The van der Waals surface area contributed by atoms with E-state index in [2.05, 4.69) is 10.3 Å². The summed E-state index contributed by atoms with van der Waals surface area (Å²) in [5.41, 5.74) is 3.16.